The minimum absolute atomic E-state index is 0.310. The van der Waals surface area contributed by atoms with Crippen LogP contribution < -0.4 is 0 Å². The van der Waals surface area contributed by atoms with Crippen LogP contribution in [0.2, 0.25) is 0 Å². The normalized spacial score (nSPS) is 10.6. The van der Waals surface area contributed by atoms with Crippen LogP contribution in [0, 0.1) is 13.8 Å². The van der Waals surface area contributed by atoms with Crippen molar-refractivity contribution in [3.63, 3.8) is 0 Å². The molecular weight excluding hydrogens is 348 g/mol. The van der Waals surface area contributed by atoms with Crippen molar-refractivity contribution in [3.05, 3.63) is 68.7 Å². The van der Waals surface area contributed by atoms with Crippen molar-refractivity contribution in [2.75, 3.05) is 0 Å². The molecule has 0 atom stereocenters. The van der Waals surface area contributed by atoms with Gasteiger partial charge >= 0.3 is 5.97 Å². The predicted molar refractivity (Wildman–Crippen MR) is 92.0 cm³/mol. The Kier molecular flexibility index (Phi) is 5.48. The van der Waals surface area contributed by atoms with Gasteiger partial charge in [-0.05, 0) is 37.1 Å². The van der Waals surface area contributed by atoms with E-state index in [1.165, 1.54) is 16.7 Å². The summed E-state index contributed by atoms with van der Waals surface area (Å²) in [7, 11) is 0. The van der Waals surface area contributed by atoms with Crippen LogP contribution in [0.15, 0.2) is 40.9 Å². The SMILES string of the molecule is Cc1cc(C)cc(CSCc2ccc(C(=O)O)cc2Br)c1. The second kappa shape index (κ2) is 7.14. The minimum atomic E-state index is -0.898. The van der Waals surface area contributed by atoms with E-state index < -0.39 is 5.97 Å². The molecule has 0 aliphatic rings. The Balaban J connectivity index is 1.98. The number of hydrogen-bond acceptors (Lipinski definition) is 2. The third-order valence-electron chi connectivity index (χ3n) is 3.11. The summed E-state index contributed by atoms with van der Waals surface area (Å²) in [6.45, 7) is 4.23. The molecule has 0 amide bonds. The molecule has 0 bridgehead atoms. The summed E-state index contributed by atoms with van der Waals surface area (Å²) in [5, 5.41) is 8.95. The molecule has 21 heavy (non-hydrogen) atoms. The lowest BCUT2D eigenvalue weighted by atomic mass is 10.1. The van der Waals surface area contributed by atoms with Gasteiger partial charge in [-0.25, -0.2) is 4.79 Å². The van der Waals surface area contributed by atoms with Gasteiger partial charge in [0.1, 0.15) is 0 Å². The van der Waals surface area contributed by atoms with Crippen molar-refractivity contribution < 1.29 is 9.90 Å². The molecule has 0 radical (unpaired) electrons. The zero-order valence-electron chi connectivity index (χ0n) is 12.0. The molecule has 1 N–H and O–H groups in total. The maximum Gasteiger partial charge on any atom is 0.335 e. The molecule has 0 heterocycles. The highest BCUT2D eigenvalue weighted by Crippen LogP contribution is 2.25. The zero-order chi connectivity index (χ0) is 15.4. The van der Waals surface area contributed by atoms with Gasteiger partial charge in [0, 0.05) is 16.0 Å². The van der Waals surface area contributed by atoms with E-state index in [1.807, 2.05) is 17.8 Å². The zero-order valence-corrected chi connectivity index (χ0v) is 14.4. The summed E-state index contributed by atoms with van der Waals surface area (Å²) in [6, 6.07) is 11.8. The van der Waals surface area contributed by atoms with Crippen LogP contribution in [0.4, 0.5) is 0 Å². The van der Waals surface area contributed by atoms with Gasteiger partial charge in [0.15, 0.2) is 0 Å². The van der Waals surface area contributed by atoms with E-state index in [2.05, 4.69) is 48.0 Å². The summed E-state index contributed by atoms with van der Waals surface area (Å²) in [6.07, 6.45) is 0. The number of hydrogen-bond donors (Lipinski definition) is 1. The number of aryl methyl sites for hydroxylation is 2. The smallest absolute Gasteiger partial charge is 0.335 e. The summed E-state index contributed by atoms with van der Waals surface area (Å²) in [5.74, 6) is 0.911. The molecule has 110 valence electrons. The van der Waals surface area contributed by atoms with E-state index >= 15 is 0 Å². The Hall–Kier alpha value is -1.26. The van der Waals surface area contributed by atoms with Gasteiger partial charge in [0.2, 0.25) is 0 Å². The first-order valence-electron chi connectivity index (χ1n) is 6.62. The second-order valence-corrected chi connectivity index (χ2v) is 6.94. The average molecular weight is 365 g/mol. The highest BCUT2D eigenvalue weighted by atomic mass is 79.9. The molecule has 0 saturated carbocycles. The molecule has 2 aromatic rings. The average Bonchev–Trinajstić information content (AvgIpc) is 2.39. The molecular formula is C17H17BrO2S. The monoisotopic (exact) mass is 364 g/mol. The van der Waals surface area contributed by atoms with Crippen molar-refractivity contribution in [2.24, 2.45) is 0 Å². The van der Waals surface area contributed by atoms with Gasteiger partial charge in [0.25, 0.3) is 0 Å². The van der Waals surface area contributed by atoms with Crippen molar-refractivity contribution in [1.29, 1.82) is 0 Å². The van der Waals surface area contributed by atoms with Crippen LogP contribution in [0.3, 0.4) is 0 Å². The predicted octanol–water partition coefficient (Wildman–Crippen LogP) is 5.20. The number of carboxylic acids is 1. The van der Waals surface area contributed by atoms with Crippen LogP contribution in [0.1, 0.15) is 32.6 Å². The van der Waals surface area contributed by atoms with Gasteiger partial charge in [-0.15, -0.1) is 0 Å². The Bertz CT molecular complexity index is 648. The summed E-state index contributed by atoms with van der Waals surface area (Å²) >= 11 is 5.28. The first-order chi connectivity index (χ1) is 9.95. The van der Waals surface area contributed by atoms with Crippen molar-refractivity contribution in [3.8, 4) is 0 Å². The fourth-order valence-electron chi connectivity index (χ4n) is 2.23. The van der Waals surface area contributed by atoms with Gasteiger partial charge in [-0.1, -0.05) is 51.3 Å². The van der Waals surface area contributed by atoms with E-state index in [0.29, 0.717) is 5.56 Å². The molecule has 0 unspecified atom stereocenters. The number of carboxylic acid groups (broad SMARTS) is 1. The molecule has 2 nitrogen and oxygen atoms in total. The summed E-state index contributed by atoms with van der Waals surface area (Å²) in [4.78, 5) is 10.9. The number of halogens is 1. The van der Waals surface area contributed by atoms with Crippen LogP contribution in [-0.4, -0.2) is 11.1 Å². The van der Waals surface area contributed by atoms with Crippen molar-refractivity contribution in [2.45, 2.75) is 25.4 Å². The molecule has 0 saturated heterocycles. The van der Waals surface area contributed by atoms with Gasteiger partial charge in [0.05, 0.1) is 5.56 Å². The number of carbonyl (C=O) groups is 1. The molecule has 2 rings (SSSR count). The molecule has 2 aromatic carbocycles. The maximum atomic E-state index is 10.9. The van der Waals surface area contributed by atoms with Crippen molar-refractivity contribution >= 4 is 33.7 Å². The lowest BCUT2D eigenvalue weighted by Crippen LogP contribution is -1.97. The minimum Gasteiger partial charge on any atom is -0.478 e. The van der Waals surface area contributed by atoms with Crippen LogP contribution in [0.25, 0.3) is 0 Å². The van der Waals surface area contributed by atoms with Gasteiger partial charge < -0.3 is 5.11 Å². The number of rotatable bonds is 5. The lowest BCUT2D eigenvalue weighted by molar-refractivity contribution is 0.0697. The lowest BCUT2D eigenvalue weighted by Gasteiger charge is -2.07. The number of benzene rings is 2. The van der Waals surface area contributed by atoms with E-state index in [-0.39, 0.29) is 0 Å². The highest BCUT2D eigenvalue weighted by molar-refractivity contribution is 9.10. The Morgan fingerprint density at radius 1 is 1.10 bits per heavy atom. The van der Waals surface area contributed by atoms with E-state index in [9.17, 15) is 4.79 Å². The number of aromatic carboxylic acids is 1. The largest absolute Gasteiger partial charge is 0.478 e. The number of thioether (sulfide) groups is 1. The fourth-order valence-corrected chi connectivity index (χ4v) is 3.91. The van der Waals surface area contributed by atoms with Crippen molar-refractivity contribution in [1.82, 2.24) is 0 Å². The second-order valence-electron chi connectivity index (χ2n) is 5.10. The molecule has 0 aliphatic carbocycles. The van der Waals surface area contributed by atoms with Crippen LogP contribution >= 0.6 is 27.7 Å². The standard InChI is InChI=1S/C17H17BrO2S/c1-11-5-12(2)7-13(6-11)9-21-10-15-4-3-14(17(19)20)8-16(15)18/h3-8H,9-10H2,1-2H3,(H,19,20). The topological polar surface area (TPSA) is 37.3 Å². The first-order valence-corrected chi connectivity index (χ1v) is 8.57. The summed E-state index contributed by atoms with van der Waals surface area (Å²) < 4.78 is 0.857. The summed E-state index contributed by atoms with van der Waals surface area (Å²) in [5.41, 5.74) is 5.34. The van der Waals surface area contributed by atoms with Crippen LogP contribution in [0.5, 0.6) is 0 Å². The maximum absolute atomic E-state index is 10.9. The Morgan fingerprint density at radius 3 is 2.33 bits per heavy atom. The Morgan fingerprint density at radius 2 is 1.76 bits per heavy atom. The van der Waals surface area contributed by atoms with Gasteiger partial charge in [-0.2, -0.15) is 11.8 Å². The Labute approximate surface area is 137 Å². The third kappa shape index (κ3) is 4.61. The fraction of sp³-hybridized carbons (Fsp3) is 0.235. The van der Waals surface area contributed by atoms with E-state index in [1.54, 1.807) is 12.1 Å². The highest BCUT2D eigenvalue weighted by Gasteiger charge is 2.07. The molecule has 0 fully saturated rings. The van der Waals surface area contributed by atoms with E-state index in [0.717, 1.165) is 21.5 Å². The molecule has 0 spiro atoms. The third-order valence-corrected chi connectivity index (χ3v) is 4.90. The van der Waals surface area contributed by atoms with Crippen LogP contribution in [-0.2, 0) is 11.5 Å². The quantitative estimate of drug-likeness (QED) is 0.792. The molecule has 0 aliphatic heterocycles. The first kappa shape index (κ1) is 16.1. The molecule has 4 heteroatoms. The van der Waals surface area contributed by atoms with E-state index in [4.69, 9.17) is 5.11 Å². The molecule has 0 aromatic heterocycles. The van der Waals surface area contributed by atoms with Gasteiger partial charge in [-0.3, -0.25) is 0 Å².